The first-order valence-electron chi connectivity index (χ1n) is 2.66. The highest BCUT2D eigenvalue weighted by atomic mass is 32.1. The van der Waals surface area contributed by atoms with Crippen LogP contribution in [0, 0.1) is 0 Å². The van der Waals surface area contributed by atoms with Crippen LogP contribution in [0.5, 0.6) is 0 Å². The average molecular weight is 157 g/mol. The van der Waals surface area contributed by atoms with Crippen molar-refractivity contribution in [2.45, 2.75) is 6.54 Å². The summed E-state index contributed by atoms with van der Waals surface area (Å²) in [6.07, 6.45) is 1.43. The molecule has 5 nitrogen and oxygen atoms in total. The monoisotopic (exact) mass is 157 g/mol. The van der Waals surface area contributed by atoms with Gasteiger partial charge >= 0.3 is 0 Å². The van der Waals surface area contributed by atoms with Gasteiger partial charge in [0, 0.05) is 0 Å². The van der Waals surface area contributed by atoms with Gasteiger partial charge in [0.2, 0.25) is 0 Å². The normalized spacial score (nSPS) is 9.20. The molecule has 0 amide bonds. The minimum atomic E-state index is 0.261. The maximum atomic E-state index is 5.17. The smallest absolute Gasteiger partial charge is 0.164 e. The van der Waals surface area contributed by atoms with Gasteiger partial charge in [-0.15, -0.1) is 0 Å². The van der Waals surface area contributed by atoms with Crippen LogP contribution in [0.4, 0.5) is 0 Å². The van der Waals surface area contributed by atoms with Crippen molar-refractivity contribution in [3.05, 3.63) is 12.2 Å². The number of aromatic nitrogens is 3. The molecule has 0 bridgehead atoms. The number of nitrogens with zero attached hydrogens (tertiary/aromatic N) is 2. The lowest BCUT2D eigenvalue weighted by Gasteiger charge is -1.97. The molecule has 1 heterocycles. The first kappa shape index (κ1) is 6.94. The van der Waals surface area contributed by atoms with E-state index in [4.69, 9.17) is 5.73 Å². The summed E-state index contributed by atoms with van der Waals surface area (Å²) < 4.78 is 0. The molecule has 0 saturated carbocycles. The lowest BCUT2D eigenvalue weighted by atomic mass is 10.6. The molecule has 0 fully saturated rings. The molecule has 0 aliphatic rings. The molecular weight excluding hydrogens is 150 g/mol. The van der Waals surface area contributed by atoms with Crippen molar-refractivity contribution in [2.24, 2.45) is 5.73 Å². The fourth-order valence-electron chi connectivity index (χ4n) is 0.487. The van der Waals surface area contributed by atoms with E-state index in [1.54, 1.807) is 0 Å². The number of hydrogen-bond acceptors (Lipinski definition) is 3. The predicted octanol–water partition coefficient (Wildman–Crippen LogP) is -0.862. The molecule has 0 aromatic carbocycles. The van der Waals surface area contributed by atoms with Crippen LogP contribution in [0.3, 0.4) is 0 Å². The van der Waals surface area contributed by atoms with Gasteiger partial charge in [-0.25, -0.2) is 4.98 Å². The van der Waals surface area contributed by atoms with Gasteiger partial charge in [0.05, 0.1) is 6.54 Å². The molecule has 4 N–H and O–H groups in total. The topological polar surface area (TPSA) is 79.6 Å². The summed E-state index contributed by atoms with van der Waals surface area (Å²) in [5, 5.41) is 9.28. The Morgan fingerprint density at radius 3 is 3.20 bits per heavy atom. The summed E-state index contributed by atoms with van der Waals surface area (Å²) in [6.45, 7) is 0.495. The van der Waals surface area contributed by atoms with E-state index in [1.165, 1.54) is 6.33 Å². The van der Waals surface area contributed by atoms with Gasteiger partial charge in [-0.05, 0) is 12.2 Å². The molecule has 0 aliphatic heterocycles. The number of hydrogen-bond donors (Lipinski definition) is 3. The third-order valence-corrected chi connectivity index (χ3v) is 1.04. The van der Waals surface area contributed by atoms with Gasteiger partial charge in [0.15, 0.2) is 5.11 Å². The standard InChI is InChI=1S/C4H7N5S/c5-4(10)6-1-3-7-2-8-9-3/h2H,1H2,(H3,5,6,10)(H,7,8,9). The number of thiocarbonyl (C=S) groups is 1. The van der Waals surface area contributed by atoms with Gasteiger partial charge in [0.25, 0.3) is 0 Å². The molecule has 10 heavy (non-hydrogen) atoms. The Labute approximate surface area is 63.0 Å². The van der Waals surface area contributed by atoms with E-state index < -0.39 is 0 Å². The van der Waals surface area contributed by atoms with E-state index >= 15 is 0 Å². The molecule has 0 saturated heterocycles. The Bertz CT molecular complexity index is 205. The molecule has 1 aromatic heterocycles. The van der Waals surface area contributed by atoms with Gasteiger partial charge in [-0.3, -0.25) is 5.10 Å². The maximum absolute atomic E-state index is 5.17. The highest BCUT2D eigenvalue weighted by molar-refractivity contribution is 7.80. The zero-order chi connectivity index (χ0) is 7.40. The second-order valence-electron chi connectivity index (χ2n) is 1.65. The Hall–Kier alpha value is -1.17. The van der Waals surface area contributed by atoms with Gasteiger partial charge in [-0.1, -0.05) is 0 Å². The first-order chi connectivity index (χ1) is 4.79. The molecule has 6 heteroatoms. The van der Waals surface area contributed by atoms with Crippen LogP contribution < -0.4 is 11.1 Å². The minimum Gasteiger partial charge on any atom is -0.376 e. The molecule has 54 valence electrons. The van der Waals surface area contributed by atoms with Crippen molar-refractivity contribution in [1.29, 1.82) is 0 Å². The van der Waals surface area contributed by atoms with Crippen molar-refractivity contribution < 1.29 is 0 Å². The minimum absolute atomic E-state index is 0.261. The fourth-order valence-corrected chi connectivity index (χ4v) is 0.559. The number of nitrogens with one attached hydrogen (secondary N) is 2. The number of aromatic amines is 1. The van der Waals surface area contributed by atoms with Crippen molar-refractivity contribution >= 4 is 17.3 Å². The van der Waals surface area contributed by atoms with Crippen LogP contribution in [0.2, 0.25) is 0 Å². The van der Waals surface area contributed by atoms with Crippen LogP contribution in [-0.2, 0) is 6.54 Å². The average Bonchev–Trinajstić information content (AvgIpc) is 2.34. The number of nitrogens with two attached hydrogens (primary N) is 1. The molecule has 0 aliphatic carbocycles. The Kier molecular flexibility index (Phi) is 2.16. The fraction of sp³-hybridized carbons (Fsp3) is 0.250. The SMILES string of the molecule is NC(=S)NCc1ncn[nH]1. The lowest BCUT2D eigenvalue weighted by Crippen LogP contribution is -2.28. The van der Waals surface area contributed by atoms with E-state index in [0.717, 1.165) is 0 Å². The summed E-state index contributed by atoms with van der Waals surface area (Å²) in [5.74, 6) is 0.716. The number of H-pyrrole nitrogens is 1. The summed E-state index contributed by atoms with van der Waals surface area (Å²) in [4.78, 5) is 3.84. The second-order valence-corrected chi connectivity index (χ2v) is 2.09. The zero-order valence-electron chi connectivity index (χ0n) is 5.16. The Morgan fingerprint density at radius 2 is 2.70 bits per heavy atom. The molecular formula is C4H7N5S. The molecule has 0 unspecified atom stereocenters. The van der Waals surface area contributed by atoms with Crippen LogP contribution >= 0.6 is 12.2 Å². The summed E-state index contributed by atoms with van der Waals surface area (Å²) >= 11 is 4.57. The summed E-state index contributed by atoms with van der Waals surface area (Å²) in [6, 6.07) is 0. The lowest BCUT2D eigenvalue weighted by molar-refractivity contribution is 0.834. The van der Waals surface area contributed by atoms with Crippen LogP contribution in [0.1, 0.15) is 5.82 Å². The highest BCUT2D eigenvalue weighted by Gasteiger charge is 1.92. The molecule has 0 spiro atoms. The van der Waals surface area contributed by atoms with Gasteiger partial charge in [0.1, 0.15) is 12.2 Å². The third-order valence-electron chi connectivity index (χ3n) is 0.895. The van der Waals surface area contributed by atoms with Crippen molar-refractivity contribution in [1.82, 2.24) is 20.5 Å². The van der Waals surface area contributed by atoms with Crippen molar-refractivity contribution in [3.8, 4) is 0 Å². The van der Waals surface area contributed by atoms with E-state index in [2.05, 4.69) is 32.7 Å². The molecule has 0 radical (unpaired) electrons. The summed E-state index contributed by atoms with van der Waals surface area (Å²) in [5.41, 5.74) is 5.17. The maximum Gasteiger partial charge on any atom is 0.164 e. The number of rotatable bonds is 2. The van der Waals surface area contributed by atoms with E-state index in [-0.39, 0.29) is 5.11 Å². The first-order valence-corrected chi connectivity index (χ1v) is 3.07. The van der Waals surface area contributed by atoms with Crippen LogP contribution in [0.15, 0.2) is 6.33 Å². The largest absolute Gasteiger partial charge is 0.376 e. The summed E-state index contributed by atoms with van der Waals surface area (Å²) in [7, 11) is 0. The quantitative estimate of drug-likeness (QED) is 0.487. The molecule has 0 atom stereocenters. The van der Waals surface area contributed by atoms with E-state index in [9.17, 15) is 0 Å². The van der Waals surface area contributed by atoms with Crippen LogP contribution in [0.25, 0.3) is 0 Å². The second kappa shape index (κ2) is 3.11. The van der Waals surface area contributed by atoms with Gasteiger partial charge in [-0.2, -0.15) is 5.10 Å². The highest BCUT2D eigenvalue weighted by Crippen LogP contribution is 1.81. The Balaban J connectivity index is 2.35. The van der Waals surface area contributed by atoms with E-state index in [1.807, 2.05) is 0 Å². The van der Waals surface area contributed by atoms with E-state index in [0.29, 0.717) is 12.4 Å². The molecule has 1 aromatic rings. The Morgan fingerprint density at radius 1 is 1.90 bits per heavy atom. The molecule has 1 rings (SSSR count). The third kappa shape index (κ3) is 1.98. The predicted molar refractivity (Wildman–Crippen MR) is 40.0 cm³/mol. The van der Waals surface area contributed by atoms with Crippen LogP contribution in [-0.4, -0.2) is 20.3 Å². The van der Waals surface area contributed by atoms with Crippen molar-refractivity contribution in [2.75, 3.05) is 0 Å². The zero-order valence-corrected chi connectivity index (χ0v) is 5.98. The van der Waals surface area contributed by atoms with Crippen molar-refractivity contribution in [3.63, 3.8) is 0 Å². The van der Waals surface area contributed by atoms with Gasteiger partial charge < -0.3 is 11.1 Å².